The Morgan fingerprint density at radius 3 is 2.35 bits per heavy atom. The van der Waals surface area contributed by atoms with Crippen molar-refractivity contribution in [3.63, 3.8) is 0 Å². The number of benzene rings is 2. The molecule has 2 unspecified atom stereocenters. The lowest BCUT2D eigenvalue weighted by atomic mass is 10.1. The van der Waals surface area contributed by atoms with Crippen LogP contribution in [0.1, 0.15) is 33.9 Å². The van der Waals surface area contributed by atoms with Gasteiger partial charge in [0.1, 0.15) is 0 Å². The highest BCUT2D eigenvalue weighted by Gasteiger charge is 2.35. The van der Waals surface area contributed by atoms with Crippen LogP contribution >= 0.6 is 0 Å². The Bertz CT molecular complexity index is 835. The van der Waals surface area contributed by atoms with Crippen molar-refractivity contribution < 1.29 is 13.5 Å². The Balaban J connectivity index is 2.00. The molecule has 2 atom stereocenters. The number of aliphatic hydroxyl groups excluding tert-OH is 1. The van der Waals surface area contributed by atoms with Gasteiger partial charge in [0.15, 0.2) is 0 Å². The van der Waals surface area contributed by atoms with Crippen molar-refractivity contribution in [2.24, 2.45) is 0 Å². The first-order chi connectivity index (χ1) is 10.8. The molecule has 2 aromatic rings. The van der Waals surface area contributed by atoms with Crippen molar-refractivity contribution >= 4 is 10.0 Å². The van der Waals surface area contributed by atoms with Crippen LogP contribution in [-0.2, 0) is 16.4 Å². The zero-order valence-corrected chi connectivity index (χ0v) is 14.3. The second-order valence-electron chi connectivity index (χ2n) is 6.30. The van der Waals surface area contributed by atoms with E-state index in [9.17, 15) is 13.5 Å². The van der Waals surface area contributed by atoms with E-state index >= 15 is 0 Å². The summed E-state index contributed by atoms with van der Waals surface area (Å²) in [5, 5.41) is 10.3. The van der Waals surface area contributed by atoms with Crippen molar-refractivity contribution in [2.45, 2.75) is 44.2 Å². The zero-order valence-electron chi connectivity index (χ0n) is 13.5. The lowest BCUT2D eigenvalue weighted by Gasteiger charge is -2.20. The summed E-state index contributed by atoms with van der Waals surface area (Å²) in [7, 11) is -3.71. The van der Waals surface area contributed by atoms with E-state index in [2.05, 4.69) is 4.72 Å². The van der Waals surface area contributed by atoms with Crippen LogP contribution in [-0.4, -0.2) is 19.6 Å². The summed E-state index contributed by atoms with van der Waals surface area (Å²) in [5.41, 5.74) is 4.31. The van der Waals surface area contributed by atoms with Crippen LogP contribution in [0.15, 0.2) is 41.3 Å². The summed E-state index contributed by atoms with van der Waals surface area (Å²) in [6.07, 6.45) is -0.275. The minimum absolute atomic E-state index is 0.305. The fourth-order valence-corrected chi connectivity index (χ4v) is 5.23. The third-order valence-corrected chi connectivity index (χ3v) is 6.11. The molecule has 0 saturated carbocycles. The first kappa shape index (κ1) is 16.2. The summed E-state index contributed by atoms with van der Waals surface area (Å²) < 4.78 is 28.4. The Hall–Kier alpha value is -1.69. The molecule has 0 heterocycles. The maximum absolute atomic E-state index is 12.9. The summed E-state index contributed by atoms with van der Waals surface area (Å²) in [6, 6.07) is 10.7. The first-order valence-electron chi connectivity index (χ1n) is 7.65. The van der Waals surface area contributed by atoms with Crippen LogP contribution in [0, 0.1) is 20.8 Å². The summed E-state index contributed by atoms with van der Waals surface area (Å²) in [5.74, 6) is 0. The highest BCUT2D eigenvalue weighted by Crippen LogP contribution is 2.33. The fraction of sp³-hybridized carbons (Fsp3) is 0.333. The predicted octanol–water partition coefficient (Wildman–Crippen LogP) is 2.55. The number of nitrogens with one attached hydrogen (secondary N) is 1. The number of rotatable bonds is 3. The molecule has 0 amide bonds. The normalized spacial score (nSPS) is 20.5. The number of aliphatic hydroxyl groups is 1. The molecule has 23 heavy (non-hydrogen) atoms. The van der Waals surface area contributed by atoms with Gasteiger partial charge in [-0.2, -0.15) is 0 Å². The van der Waals surface area contributed by atoms with Gasteiger partial charge in [0.2, 0.25) is 10.0 Å². The van der Waals surface area contributed by atoms with E-state index in [0.717, 1.165) is 27.8 Å². The molecule has 2 aromatic carbocycles. The quantitative estimate of drug-likeness (QED) is 0.908. The molecule has 0 radical (unpaired) electrons. The van der Waals surface area contributed by atoms with E-state index in [-0.39, 0.29) is 0 Å². The van der Waals surface area contributed by atoms with Gasteiger partial charge < -0.3 is 5.11 Å². The van der Waals surface area contributed by atoms with Gasteiger partial charge in [0.25, 0.3) is 0 Å². The van der Waals surface area contributed by atoms with Crippen molar-refractivity contribution in [2.75, 3.05) is 0 Å². The van der Waals surface area contributed by atoms with E-state index < -0.39 is 22.2 Å². The Morgan fingerprint density at radius 1 is 1.09 bits per heavy atom. The molecule has 0 spiro atoms. The molecule has 0 aliphatic heterocycles. The highest BCUT2D eigenvalue weighted by molar-refractivity contribution is 7.89. The molecule has 1 aliphatic carbocycles. The average molecular weight is 331 g/mol. The van der Waals surface area contributed by atoms with Gasteiger partial charge in [-0.05, 0) is 43.0 Å². The van der Waals surface area contributed by atoms with Crippen LogP contribution in [0.3, 0.4) is 0 Å². The van der Waals surface area contributed by atoms with E-state index in [1.807, 2.05) is 43.3 Å². The molecule has 0 fully saturated rings. The van der Waals surface area contributed by atoms with Gasteiger partial charge in [0, 0.05) is 6.42 Å². The monoisotopic (exact) mass is 331 g/mol. The molecular weight excluding hydrogens is 310 g/mol. The smallest absolute Gasteiger partial charge is 0.241 e. The molecule has 2 N–H and O–H groups in total. The van der Waals surface area contributed by atoms with Crippen LogP contribution in [0.25, 0.3) is 0 Å². The lowest BCUT2D eigenvalue weighted by molar-refractivity contribution is 0.151. The lowest BCUT2D eigenvalue weighted by Crippen LogP contribution is -2.34. The first-order valence-corrected chi connectivity index (χ1v) is 9.14. The van der Waals surface area contributed by atoms with Crippen molar-refractivity contribution in [1.82, 2.24) is 4.72 Å². The molecule has 4 nitrogen and oxygen atoms in total. The van der Waals surface area contributed by atoms with Crippen molar-refractivity contribution in [3.8, 4) is 0 Å². The van der Waals surface area contributed by atoms with Gasteiger partial charge in [-0.3, -0.25) is 0 Å². The summed E-state index contributed by atoms with van der Waals surface area (Å²) >= 11 is 0. The second kappa shape index (κ2) is 5.74. The second-order valence-corrected chi connectivity index (χ2v) is 7.95. The molecule has 0 aromatic heterocycles. The third-order valence-electron chi connectivity index (χ3n) is 4.36. The molecule has 3 rings (SSSR count). The molecule has 1 aliphatic rings. The van der Waals surface area contributed by atoms with Gasteiger partial charge in [-0.25, -0.2) is 13.1 Å². The molecule has 5 heteroatoms. The topological polar surface area (TPSA) is 66.4 Å². The minimum atomic E-state index is -3.71. The summed E-state index contributed by atoms with van der Waals surface area (Å²) in [4.78, 5) is 0.305. The van der Waals surface area contributed by atoms with Crippen LogP contribution < -0.4 is 4.72 Å². The Labute approximate surface area is 137 Å². The van der Waals surface area contributed by atoms with Crippen molar-refractivity contribution in [1.29, 1.82) is 0 Å². The van der Waals surface area contributed by atoms with Crippen LogP contribution in [0.5, 0.6) is 0 Å². The van der Waals surface area contributed by atoms with Crippen LogP contribution in [0.4, 0.5) is 0 Å². The molecule has 0 bridgehead atoms. The average Bonchev–Trinajstić information content (AvgIpc) is 2.73. The SMILES string of the molecule is Cc1cc(C)c(S(=O)(=O)NC2c3ccccc3CC2O)c(C)c1. The number of hydrogen-bond acceptors (Lipinski definition) is 3. The maximum Gasteiger partial charge on any atom is 0.241 e. The Morgan fingerprint density at radius 2 is 1.70 bits per heavy atom. The molecule has 0 saturated heterocycles. The molecular formula is C18H21NO3S. The standard InChI is InChI=1S/C18H21NO3S/c1-11-8-12(2)18(13(3)9-11)23(21,22)19-17-15-7-5-4-6-14(15)10-16(17)20/h4-9,16-17,19-20H,10H2,1-3H3. The number of sulfonamides is 1. The van der Waals surface area contributed by atoms with Gasteiger partial charge in [0.05, 0.1) is 17.0 Å². The number of fused-ring (bicyclic) bond motifs is 1. The van der Waals surface area contributed by atoms with Crippen LogP contribution in [0.2, 0.25) is 0 Å². The predicted molar refractivity (Wildman–Crippen MR) is 89.9 cm³/mol. The van der Waals surface area contributed by atoms with E-state index in [4.69, 9.17) is 0 Å². The fourth-order valence-electron chi connectivity index (χ4n) is 3.53. The van der Waals surface area contributed by atoms with Gasteiger partial charge in [-0.15, -0.1) is 0 Å². The maximum atomic E-state index is 12.9. The van der Waals surface area contributed by atoms with Gasteiger partial charge >= 0.3 is 0 Å². The van der Waals surface area contributed by atoms with E-state index in [1.165, 1.54) is 0 Å². The highest BCUT2D eigenvalue weighted by atomic mass is 32.2. The third kappa shape index (κ3) is 2.92. The van der Waals surface area contributed by atoms with E-state index in [0.29, 0.717) is 11.3 Å². The minimum Gasteiger partial charge on any atom is -0.391 e. The summed E-state index contributed by atoms with van der Waals surface area (Å²) in [6.45, 7) is 5.54. The largest absolute Gasteiger partial charge is 0.391 e. The van der Waals surface area contributed by atoms with Crippen molar-refractivity contribution in [3.05, 3.63) is 64.2 Å². The number of hydrogen-bond donors (Lipinski definition) is 2. The van der Waals surface area contributed by atoms with Gasteiger partial charge in [-0.1, -0.05) is 42.0 Å². The number of aryl methyl sites for hydroxylation is 3. The Kier molecular flexibility index (Phi) is 4.04. The van der Waals surface area contributed by atoms with E-state index in [1.54, 1.807) is 13.8 Å². The molecule has 122 valence electrons. The zero-order chi connectivity index (χ0) is 16.8.